The minimum atomic E-state index is -4.47. The van der Waals surface area contributed by atoms with Crippen LogP contribution in [0.4, 0.5) is 13.2 Å². The smallest absolute Gasteiger partial charge is 0.433 e. The minimum absolute atomic E-state index is 0.115. The van der Waals surface area contributed by atoms with Gasteiger partial charge in [0, 0.05) is 25.3 Å². The Labute approximate surface area is 146 Å². The van der Waals surface area contributed by atoms with Gasteiger partial charge in [-0.15, -0.1) is 0 Å². The number of hydrogen-bond donors (Lipinski definition) is 0. The average molecular weight is 358 g/mol. The van der Waals surface area contributed by atoms with Gasteiger partial charge < -0.3 is 14.5 Å². The maximum atomic E-state index is 12.7. The highest BCUT2D eigenvalue weighted by atomic mass is 19.4. The van der Waals surface area contributed by atoms with Crippen LogP contribution in [0.2, 0.25) is 0 Å². The number of hydrogen-bond acceptors (Lipinski definition) is 5. The molecule has 8 heteroatoms. The second-order valence-electron chi connectivity index (χ2n) is 6.74. The van der Waals surface area contributed by atoms with E-state index in [1.807, 2.05) is 0 Å². The second kappa shape index (κ2) is 7.86. The van der Waals surface area contributed by atoms with Gasteiger partial charge in [0.05, 0.1) is 0 Å². The van der Waals surface area contributed by atoms with E-state index in [4.69, 9.17) is 4.74 Å². The Balaban J connectivity index is 1.48. The highest BCUT2D eigenvalue weighted by Gasteiger charge is 2.34. The van der Waals surface area contributed by atoms with E-state index >= 15 is 0 Å². The van der Waals surface area contributed by atoms with Crippen molar-refractivity contribution >= 4 is 0 Å². The molecule has 0 bridgehead atoms. The lowest BCUT2D eigenvalue weighted by Gasteiger charge is -2.41. The molecule has 0 unspecified atom stereocenters. The van der Waals surface area contributed by atoms with Crippen LogP contribution in [-0.2, 0) is 6.18 Å². The van der Waals surface area contributed by atoms with Crippen LogP contribution in [0.5, 0.6) is 6.01 Å². The van der Waals surface area contributed by atoms with E-state index in [9.17, 15) is 13.2 Å². The van der Waals surface area contributed by atoms with Gasteiger partial charge in [-0.1, -0.05) is 6.92 Å². The Morgan fingerprint density at radius 1 is 1.12 bits per heavy atom. The monoisotopic (exact) mass is 358 g/mol. The van der Waals surface area contributed by atoms with E-state index in [1.54, 1.807) is 0 Å². The molecule has 2 fully saturated rings. The van der Waals surface area contributed by atoms with Crippen LogP contribution in [-0.4, -0.2) is 64.6 Å². The van der Waals surface area contributed by atoms with Gasteiger partial charge in [0.25, 0.3) is 0 Å². The molecule has 1 aromatic heterocycles. The van der Waals surface area contributed by atoms with Gasteiger partial charge >= 0.3 is 12.2 Å². The number of alkyl halides is 3. The zero-order valence-corrected chi connectivity index (χ0v) is 14.5. The summed E-state index contributed by atoms with van der Waals surface area (Å²) in [7, 11) is 0. The van der Waals surface area contributed by atoms with E-state index in [0.29, 0.717) is 6.04 Å². The molecule has 2 aliphatic rings. The summed E-state index contributed by atoms with van der Waals surface area (Å²) in [5.41, 5.74) is -0.961. The van der Waals surface area contributed by atoms with Crippen LogP contribution in [0.1, 0.15) is 38.3 Å². The summed E-state index contributed by atoms with van der Waals surface area (Å²) < 4.78 is 43.7. The molecule has 0 saturated carbocycles. The van der Waals surface area contributed by atoms with E-state index in [1.165, 1.54) is 12.8 Å². The van der Waals surface area contributed by atoms with Crippen molar-refractivity contribution in [2.24, 2.45) is 0 Å². The molecule has 5 nitrogen and oxygen atoms in total. The standard InChI is InChI=1S/C17H25F3N4O/c1-2-23-9-4-13(5-10-23)24-11-6-14(7-12-24)25-16-21-8-3-15(22-16)17(18,19)20/h3,8,13-14H,2,4-7,9-12H2,1H3. The third-order valence-electron chi connectivity index (χ3n) is 5.19. The van der Waals surface area contributed by atoms with Crippen molar-refractivity contribution in [2.75, 3.05) is 32.7 Å². The number of likely N-dealkylation sites (tertiary alicyclic amines) is 2. The first-order chi connectivity index (χ1) is 12.0. The molecule has 0 N–H and O–H groups in total. The molecule has 0 atom stereocenters. The molecule has 140 valence electrons. The SMILES string of the molecule is CCN1CCC(N2CCC(Oc3nccc(C(F)(F)F)n3)CC2)CC1. The van der Waals surface area contributed by atoms with Crippen molar-refractivity contribution in [2.45, 2.75) is 50.9 Å². The topological polar surface area (TPSA) is 41.5 Å². The third kappa shape index (κ3) is 4.82. The molecule has 2 saturated heterocycles. The quantitative estimate of drug-likeness (QED) is 0.828. The average Bonchev–Trinajstić information content (AvgIpc) is 2.62. The summed E-state index contributed by atoms with van der Waals surface area (Å²) in [5, 5.41) is 0. The zero-order valence-electron chi connectivity index (χ0n) is 14.5. The number of piperidine rings is 2. The maximum Gasteiger partial charge on any atom is 0.433 e. The fraction of sp³-hybridized carbons (Fsp3) is 0.765. The Morgan fingerprint density at radius 3 is 2.40 bits per heavy atom. The predicted molar refractivity (Wildman–Crippen MR) is 87.4 cm³/mol. The van der Waals surface area contributed by atoms with Crippen LogP contribution in [0.25, 0.3) is 0 Å². The highest BCUT2D eigenvalue weighted by Crippen LogP contribution is 2.28. The number of halogens is 3. The Morgan fingerprint density at radius 2 is 1.80 bits per heavy atom. The van der Waals surface area contributed by atoms with Crippen LogP contribution in [0.3, 0.4) is 0 Å². The van der Waals surface area contributed by atoms with E-state index in [0.717, 1.165) is 57.8 Å². The Hall–Kier alpha value is -1.41. The van der Waals surface area contributed by atoms with Gasteiger partial charge in [-0.2, -0.15) is 18.2 Å². The summed E-state index contributed by atoms with van der Waals surface area (Å²) >= 11 is 0. The molecular formula is C17H25F3N4O. The largest absolute Gasteiger partial charge is 0.460 e. The molecule has 0 spiro atoms. The minimum Gasteiger partial charge on any atom is -0.460 e. The van der Waals surface area contributed by atoms with Crippen molar-refractivity contribution in [3.63, 3.8) is 0 Å². The molecule has 0 aliphatic carbocycles. The number of aromatic nitrogens is 2. The fourth-order valence-corrected chi connectivity index (χ4v) is 3.66. The lowest BCUT2D eigenvalue weighted by atomic mass is 9.99. The lowest BCUT2D eigenvalue weighted by Crippen LogP contribution is -2.49. The van der Waals surface area contributed by atoms with E-state index < -0.39 is 11.9 Å². The fourth-order valence-electron chi connectivity index (χ4n) is 3.66. The van der Waals surface area contributed by atoms with E-state index in [-0.39, 0.29) is 12.1 Å². The van der Waals surface area contributed by atoms with Crippen LogP contribution < -0.4 is 4.74 Å². The molecular weight excluding hydrogens is 333 g/mol. The number of ether oxygens (including phenoxy) is 1. The normalized spacial score (nSPS) is 22.2. The molecule has 0 amide bonds. The number of rotatable bonds is 4. The first-order valence-electron chi connectivity index (χ1n) is 8.99. The van der Waals surface area contributed by atoms with Crippen LogP contribution >= 0.6 is 0 Å². The van der Waals surface area contributed by atoms with Gasteiger partial charge in [-0.05, 0) is 51.4 Å². The van der Waals surface area contributed by atoms with Crippen molar-refractivity contribution < 1.29 is 17.9 Å². The zero-order chi connectivity index (χ0) is 17.9. The molecule has 25 heavy (non-hydrogen) atoms. The first kappa shape index (κ1) is 18.4. The van der Waals surface area contributed by atoms with Gasteiger partial charge in [-0.3, -0.25) is 0 Å². The summed E-state index contributed by atoms with van der Waals surface area (Å²) in [4.78, 5) is 12.3. The molecule has 0 radical (unpaired) electrons. The lowest BCUT2D eigenvalue weighted by molar-refractivity contribution is -0.141. The van der Waals surface area contributed by atoms with Crippen molar-refractivity contribution in [3.8, 4) is 6.01 Å². The van der Waals surface area contributed by atoms with E-state index in [2.05, 4.69) is 26.7 Å². The van der Waals surface area contributed by atoms with Gasteiger partial charge in [-0.25, -0.2) is 4.98 Å². The summed E-state index contributed by atoms with van der Waals surface area (Å²) in [6.07, 6.45) is 0.489. The molecule has 2 aliphatic heterocycles. The predicted octanol–water partition coefficient (Wildman–Crippen LogP) is 2.82. The maximum absolute atomic E-state index is 12.7. The van der Waals surface area contributed by atoms with Crippen molar-refractivity contribution in [1.29, 1.82) is 0 Å². The number of nitrogens with zero attached hydrogens (tertiary/aromatic N) is 4. The Kier molecular flexibility index (Phi) is 5.78. The molecule has 0 aromatic carbocycles. The molecule has 3 rings (SSSR count). The second-order valence-corrected chi connectivity index (χ2v) is 6.74. The summed E-state index contributed by atoms with van der Waals surface area (Å²) in [6.45, 7) is 7.44. The van der Waals surface area contributed by atoms with Crippen LogP contribution in [0.15, 0.2) is 12.3 Å². The molecule has 1 aromatic rings. The van der Waals surface area contributed by atoms with Crippen LogP contribution in [0, 0.1) is 0 Å². The van der Waals surface area contributed by atoms with Crippen molar-refractivity contribution in [1.82, 2.24) is 19.8 Å². The first-order valence-corrected chi connectivity index (χ1v) is 8.99. The van der Waals surface area contributed by atoms with Crippen molar-refractivity contribution in [3.05, 3.63) is 18.0 Å². The third-order valence-corrected chi connectivity index (χ3v) is 5.19. The summed E-state index contributed by atoms with van der Waals surface area (Å²) in [5.74, 6) is 0. The molecule has 3 heterocycles. The van der Waals surface area contributed by atoms with Gasteiger partial charge in [0.2, 0.25) is 0 Å². The Bertz CT molecular complexity index is 553. The highest BCUT2D eigenvalue weighted by molar-refractivity contribution is 5.09. The van der Waals surface area contributed by atoms with Gasteiger partial charge in [0.15, 0.2) is 5.69 Å². The summed E-state index contributed by atoms with van der Waals surface area (Å²) in [6, 6.07) is 1.30. The van der Waals surface area contributed by atoms with Gasteiger partial charge in [0.1, 0.15) is 6.10 Å².